The predicted molar refractivity (Wildman–Crippen MR) is 63.4 cm³/mol. The zero-order valence-corrected chi connectivity index (χ0v) is 10.1. The van der Waals surface area contributed by atoms with Gasteiger partial charge in [-0.25, -0.2) is 0 Å². The van der Waals surface area contributed by atoms with Gasteiger partial charge in [-0.05, 0) is 42.4 Å². The van der Waals surface area contributed by atoms with Gasteiger partial charge >= 0.3 is 0 Å². The molecular weight excluding hydrogens is 231 g/mol. The van der Waals surface area contributed by atoms with Crippen LogP contribution in [0.15, 0.2) is 18.2 Å². The Morgan fingerprint density at radius 1 is 1.40 bits per heavy atom. The molecule has 2 rings (SSSR count). The van der Waals surface area contributed by atoms with Gasteiger partial charge in [0.2, 0.25) is 0 Å². The minimum absolute atomic E-state index is 0.239. The van der Waals surface area contributed by atoms with E-state index in [1.165, 1.54) is 0 Å². The Kier molecular flexibility index (Phi) is 3.24. The molecule has 1 aliphatic rings. The van der Waals surface area contributed by atoms with Crippen molar-refractivity contribution in [3.05, 3.63) is 33.8 Å². The summed E-state index contributed by atoms with van der Waals surface area (Å²) >= 11 is 11.7. The van der Waals surface area contributed by atoms with Gasteiger partial charge in [0.25, 0.3) is 0 Å². The third-order valence-corrected chi connectivity index (χ3v) is 3.83. The third-order valence-electron chi connectivity index (χ3n) is 3.09. The van der Waals surface area contributed by atoms with Crippen molar-refractivity contribution in [2.24, 2.45) is 11.8 Å². The summed E-state index contributed by atoms with van der Waals surface area (Å²) in [6.07, 6.45) is 1.58. The summed E-state index contributed by atoms with van der Waals surface area (Å²) in [4.78, 5) is 0. The van der Waals surface area contributed by atoms with Crippen molar-refractivity contribution in [1.29, 1.82) is 0 Å². The average molecular weight is 245 g/mol. The summed E-state index contributed by atoms with van der Waals surface area (Å²) in [5.41, 5.74) is 1.05. The topological polar surface area (TPSA) is 20.2 Å². The Labute approximate surface area is 100 Å². The normalized spacial score (nSPS) is 26.4. The van der Waals surface area contributed by atoms with Crippen LogP contribution in [0.2, 0.25) is 10.0 Å². The highest BCUT2D eigenvalue weighted by Gasteiger charge is 2.38. The Morgan fingerprint density at radius 2 is 2.07 bits per heavy atom. The molecule has 3 heteroatoms. The number of aliphatic hydroxyl groups excluding tert-OH is 1. The van der Waals surface area contributed by atoms with Gasteiger partial charge in [-0.3, -0.25) is 0 Å². The molecule has 1 fully saturated rings. The fourth-order valence-electron chi connectivity index (χ4n) is 1.95. The van der Waals surface area contributed by atoms with E-state index in [9.17, 15) is 5.11 Å². The first-order valence-electron chi connectivity index (χ1n) is 5.20. The maximum absolute atomic E-state index is 9.90. The summed E-state index contributed by atoms with van der Waals surface area (Å²) < 4.78 is 0. The van der Waals surface area contributed by atoms with Gasteiger partial charge in [-0.2, -0.15) is 0 Å². The van der Waals surface area contributed by atoms with E-state index in [1.807, 2.05) is 12.1 Å². The maximum atomic E-state index is 9.90. The molecule has 1 aromatic rings. The largest absolute Gasteiger partial charge is 0.392 e. The van der Waals surface area contributed by atoms with Crippen molar-refractivity contribution in [3.8, 4) is 0 Å². The van der Waals surface area contributed by atoms with Crippen LogP contribution in [-0.4, -0.2) is 11.2 Å². The Bertz CT molecular complexity index is 365. The van der Waals surface area contributed by atoms with Crippen LogP contribution < -0.4 is 0 Å². The monoisotopic (exact) mass is 244 g/mol. The summed E-state index contributed by atoms with van der Waals surface area (Å²) in [7, 11) is 0. The molecule has 15 heavy (non-hydrogen) atoms. The lowest BCUT2D eigenvalue weighted by Gasteiger charge is -2.10. The standard InChI is InChI=1S/C12H14Cl2O/c1-7-4-9(7)12(15)6-8-2-3-10(13)11(14)5-8/h2-3,5,7,9,12,15H,4,6H2,1H3. The first-order chi connectivity index (χ1) is 7.08. The summed E-state index contributed by atoms with van der Waals surface area (Å²) in [6, 6.07) is 5.53. The smallest absolute Gasteiger partial charge is 0.0611 e. The van der Waals surface area contributed by atoms with Crippen molar-refractivity contribution >= 4 is 23.2 Å². The zero-order valence-electron chi connectivity index (χ0n) is 8.58. The molecule has 1 saturated carbocycles. The molecule has 1 N–H and O–H groups in total. The molecule has 1 aliphatic carbocycles. The molecular formula is C12H14Cl2O. The van der Waals surface area contributed by atoms with E-state index in [0.717, 1.165) is 12.0 Å². The van der Waals surface area contributed by atoms with Crippen LogP contribution in [0.4, 0.5) is 0 Å². The molecule has 1 aromatic carbocycles. The van der Waals surface area contributed by atoms with Crippen LogP contribution >= 0.6 is 23.2 Å². The van der Waals surface area contributed by atoms with E-state index in [4.69, 9.17) is 23.2 Å². The van der Waals surface area contributed by atoms with Gasteiger partial charge in [0.15, 0.2) is 0 Å². The second-order valence-corrected chi connectivity index (χ2v) is 5.21. The van der Waals surface area contributed by atoms with Crippen molar-refractivity contribution in [2.45, 2.75) is 25.9 Å². The van der Waals surface area contributed by atoms with E-state index < -0.39 is 0 Å². The van der Waals surface area contributed by atoms with Crippen LogP contribution in [0.25, 0.3) is 0 Å². The lowest BCUT2D eigenvalue weighted by Crippen LogP contribution is -2.13. The summed E-state index contributed by atoms with van der Waals surface area (Å²) in [5.74, 6) is 1.14. The maximum Gasteiger partial charge on any atom is 0.0611 e. The predicted octanol–water partition coefficient (Wildman–Crippen LogP) is 3.55. The van der Waals surface area contributed by atoms with E-state index >= 15 is 0 Å². The molecule has 3 atom stereocenters. The Morgan fingerprint density at radius 3 is 2.60 bits per heavy atom. The molecule has 1 nitrogen and oxygen atoms in total. The second kappa shape index (κ2) is 4.32. The van der Waals surface area contributed by atoms with Gasteiger partial charge in [-0.15, -0.1) is 0 Å². The number of halogens is 2. The second-order valence-electron chi connectivity index (χ2n) is 4.40. The quantitative estimate of drug-likeness (QED) is 0.863. The number of hydrogen-bond donors (Lipinski definition) is 1. The van der Waals surface area contributed by atoms with Gasteiger partial charge in [0.05, 0.1) is 16.1 Å². The van der Waals surface area contributed by atoms with Gasteiger partial charge in [-0.1, -0.05) is 36.2 Å². The van der Waals surface area contributed by atoms with Crippen molar-refractivity contribution < 1.29 is 5.11 Å². The third kappa shape index (κ3) is 2.66. The van der Waals surface area contributed by atoms with Crippen LogP contribution in [0.5, 0.6) is 0 Å². The molecule has 3 unspecified atom stereocenters. The summed E-state index contributed by atoms with van der Waals surface area (Å²) in [6.45, 7) is 2.17. The average Bonchev–Trinajstić information content (AvgIpc) is 2.89. The molecule has 0 saturated heterocycles. The SMILES string of the molecule is CC1CC1C(O)Cc1ccc(Cl)c(Cl)c1. The molecule has 0 amide bonds. The highest BCUT2D eigenvalue weighted by atomic mass is 35.5. The van der Waals surface area contributed by atoms with Crippen LogP contribution in [0, 0.1) is 11.8 Å². The van der Waals surface area contributed by atoms with Crippen molar-refractivity contribution in [2.75, 3.05) is 0 Å². The number of benzene rings is 1. The molecule has 0 heterocycles. The molecule has 82 valence electrons. The van der Waals surface area contributed by atoms with E-state index in [1.54, 1.807) is 6.07 Å². The Balaban J connectivity index is 2.01. The molecule has 0 bridgehead atoms. The molecule has 0 radical (unpaired) electrons. The fourth-order valence-corrected chi connectivity index (χ4v) is 2.27. The zero-order chi connectivity index (χ0) is 11.0. The van der Waals surface area contributed by atoms with E-state index in [2.05, 4.69) is 6.92 Å². The summed E-state index contributed by atoms with van der Waals surface area (Å²) in [5, 5.41) is 11.0. The molecule has 0 aromatic heterocycles. The van der Waals surface area contributed by atoms with Gasteiger partial charge in [0, 0.05) is 0 Å². The van der Waals surface area contributed by atoms with E-state index in [-0.39, 0.29) is 6.10 Å². The first-order valence-corrected chi connectivity index (χ1v) is 5.95. The van der Waals surface area contributed by atoms with E-state index in [0.29, 0.717) is 28.3 Å². The van der Waals surface area contributed by atoms with Crippen LogP contribution in [0.1, 0.15) is 18.9 Å². The number of hydrogen-bond acceptors (Lipinski definition) is 1. The van der Waals surface area contributed by atoms with Gasteiger partial charge < -0.3 is 5.11 Å². The first kappa shape index (κ1) is 11.3. The molecule has 0 aliphatic heterocycles. The number of aliphatic hydroxyl groups is 1. The van der Waals surface area contributed by atoms with Crippen LogP contribution in [0.3, 0.4) is 0 Å². The lowest BCUT2D eigenvalue weighted by molar-refractivity contribution is 0.146. The molecule has 0 spiro atoms. The Hall–Kier alpha value is -0.240. The van der Waals surface area contributed by atoms with Gasteiger partial charge in [0.1, 0.15) is 0 Å². The fraction of sp³-hybridized carbons (Fsp3) is 0.500. The lowest BCUT2D eigenvalue weighted by atomic mass is 10.0. The number of rotatable bonds is 3. The van der Waals surface area contributed by atoms with Crippen LogP contribution in [-0.2, 0) is 6.42 Å². The van der Waals surface area contributed by atoms with Crippen molar-refractivity contribution in [1.82, 2.24) is 0 Å². The highest BCUT2D eigenvalue weighted by molar-refractivity contribution is 6.42. The minimum Gasteiger partial charge on any atom is -0.392 e. The van der Waals surface area contributed by atoms with Crippen molar-refractivity contribution in [3.63, 3.8) is 0 Å². The minimum atomic E-state index is -0.239. The highest BCUT2D eigenvalue weighted by Crippen LogP contribution is 2.41.